The largest absolute Gasteiger partial charge is 0.379 e. The average molecular weight is 498 g/mol. The number of thioether (sulfide) groups is 1. The lowest BCUT2D eigenvalue weighted by Crippen LogP contribution is -2.39. The molecule has 5 nitrogen and oxygen atoms in total. The van der Waals surface area contributed by atoms with E-state index in [-0.39, 0.29) is 5.91 Å². The summed E-state index contributed by atoms with van der Waals surface area (Å²) in [6.45, 7) is 11.7. The Bertz CT molecular complexity index is 1080. The van der Waals surface area contributed by atoms with E-state index >= 15 is 0 Å². The number of fused-ring (bicyclic) bond motifs is 1. The minimum Gasteiger partial charge on any atom is -0.379 e. The van der Waals surface area contributed by atoms with E-state index in [0.717, 1.165) is 66.6 Å². The Labute approximate surface area is 211 Å². The smallest absolute Gasteiger partial charge is 0.233 e. The maximum Gasteiger partial charge on any atom is 0.233 e. The fourth-order valence-corrected chi connectivity index (χ4v) is 6.12. The van der Waals surface area contributed by atoms with Crippen molar-refractivity contribution in [1.29, 1.82) is 0 Å². The van der Waals surface area contributed by atoms with E-state index in [0.29, 0.717) is 18.2 Å². The highest BCUT2D eigenvalue weighted by Crippen LogP contribution is 2.32. The summed E-state index contributed by atoms with van der Waals surface area (Å²) in [7, 11) is 0. The van der Waals surface area contributed by atoms with Crippen molar-refractivity contribution in [2.24, 2.45) is 0 Å². The number of aryl methyl sites for hydroxylation is 1. The lowest BCUT2D eigenvalue weighted by molar-refractivity contribution is -0.118. The lowest BCUT2D eigenvalue weighted by atomic mass is 10.1. The Morgan fingerprint density at radius 3 is 2.65 bits per heavy atom. The van der Waals surface area contributed by atoms with Crippen molar-refractivity contribution in [1.82, 2.24) is 9.88 Å². The van der Waals surface area contributed by atoms with Crippen LogP contribution in [0.5, 0.6) is 0 Å². The molecule has 1 amide bonds. The summed E-state index contributed by atoms with van der Waals surface area (Å²) >= 11 is 3.47. The number of hydrogen-bond donors (Lipinski definition) is 0. The molecule has 0 N–H and O–H groups in total. The zero-order chi connectivity index (χ0) is 23.9. The normalized spacial score (nSPS) is 14.7. The van der Waals surface area contributed by atoms with Crippen LogP contribution in [0.15, 0.2) is 47.4 Å². The van der Waals surface area contributed by atoms with Gasteiger partial charge in [-0.05, 0) is 42.2 Å². The highest BCUT2D eigenvalue weighted by Gasteiger charge is 2.21. The molecule has 0 aliphatic carbocycles. The molecule has 2 heterocycles. The van der Waals surface area contributed by atoms with Crippen molar-refractivity contribution >= 4 is 44.4 Å². The first-order valence-electron chi connectivity index (χ1n) is 12.3. The van der Waals surface area contributed by atoms with Crippen molar-refractivity contribution in [2.45, 2.75) is 50.2 Å². The molecule has 1 saturated heterocycles. The molecule has 182 valence electrons. The number of hydrogen-bond acceptors (Lipinski definition) is 6. The van der Waals surface area contributed by atoms with E-state index in [1.807, 2.05) is 16.7 Å². The van der Waals surface area contributed by atoms with Gasteiger partial charge >= 0.3 is 0 Å². The fourth-order valence-electron chi connectivity index (χ4n) is 4.23. The zero-order valence-electron chi connectivity index (χ0n) is 20.5. The number of carbonyl (C=O) groups is 1. The van der Waals surface area contributed by atoms with Gasteiger partial charge in [0.25, 0.3) is 0 Å². The van der Waals surface area contributed by atoms with Gasteiger partial charge in [-0.3, -0.25) is 14.6 Å². The number of amides is 1. The van der Waals surface area contributed by atoms with Gasteiger partial charge in [-0.15, -0.1) is 11.8 Å². The summed E-state index contributed by atoms with van der Waals surface area (Å²) in [6.07, 6.45) is 2.25. The molecule has 0 radical (unpaired) electrons. The molecule has 1 aromatic heterocycles. The standard InChI is InChI=1S/C27H35N3O2S2/c1-4-22-7-5-8-24-26(22)28-27(34-24)30(14-6-13-29-15-17-32-18-16-29)25(31)19-21-9-11-23(12-10-21)33-20(2)3/h5,7-12,20H,4,6,13-19H2,1-3H3. The topological polar surface area (TPSA) is 45.7 Å². The molecular formula is C27H35N3O2S2. The first-order valence-corrected chi connectivity index (χ1v) is 14.0. The molecule has 0 unspecified atom stereocenters. The second-order valence-electron chi connectivity index (χ2n) is 8.95. The molecule has 0 saturated carbocycles. The van der Waals surface area contributed by atoms with E-state index in [9.17, 15) is 4.79 Å². The Kier molecular flexibility index (Phi) is 9.00. The van der Waals surface area contributed by atoms with Crippen LogP contribution in [0.3, 0.4) is 0 Å². The van der Waals surface area contributed by atoms with Crippen LogP contribution in [0, 0.1) is 0 Å². The van der Waals surface area contributed by atoms with Crippen LogP contribution in [-0.4, -0.2) is 60.4 Å². The van der Waals surface area contributed by atoms with E-state index < -0.39 is 0 Å². The molecule has 4 rings (SSSR count). The first kappa shape index (κ1) is 25.2. The molecule has 1 aliphatic rings. The SMILES string of the molecule is CCc1cccc2sc(N(CCCN3CCOCC3)C(=O)Cc3ccc(SC(C)C)cc3)nc12. The molecule has 1 fully saturated rings. The highest BCUT2D eigenvalue weighted by atomic mass is 32.2. The van der Waals surface area contributed by atoms with Crippen molar-refractivity contribution in [3.63, 3.8) is 0 Å². The minimum absolute atomic E-state index is 0.114. The van der Waals surface area contributed by atoms with Crippen LogP contribution < -0.4 is 4.90 Å². The van der Waals surface area contributed by atoms with E-state index in [1.165, 1.54) is 10.5 Å². The molecule has 0 spiro atoms. The van der Waals surface area contributed by atoms with Gasteiger partial charge in [-0.1, -0.05) is 56.4 Å². The predicted octanol–water partition coefficient (Wildman–Crippen LogP) is 5.66. The van der Waals surface area contributed by atoms with Crippen LogP contribution in [0.25, 0.3) is 10.2 Å². The molecule has 34 heavy (non-hydrogen) atoms. The molecule has 7 heteroatoms. The number of benzene rings is 2. The van der Waals surface area contributed by atoms with Gasteiger partial charge in [0.1, 0.15) is 0 Å². The van der Waals surface area contributed by atoms with Gasteiger partial charge in [-0.25, -0.2) is 4.98 Å². The van der Waals surface area contributed by atoms with Gasteiger partial charge in [0.2, 0.25) is 5.91 Å². The quantitative estimate of drug-likeness (QED) is 0.338. The third kappa shape index (κ3) is 6.60. The monoisotopic (exact) mass is 497 g/mol. The van der Waals surface area contributed by atoms with Gasteiger partial charge in [-0.2, -0.15) is 0 Å². The van der Waals surface area contributed by atoms with E-state index in [2.05, 4.69) is 68.1 Å². The zero-order valence-corrected chi connectivity index (χ0v) is 22.1. The number of carbonyl (C=O) groups excluding carboxylic acids is 1. The maximum absolute atomic E-state index is 13.5. The number of morpholine rings is 1. The van der Waals surface area contributed by atoms with E-state index in [4.69, 9.17) is 9.72 Å². The number of ether oxygens (including phenoxy) is 1. The van der Waals surface area contributed by atoms with Crippen LogP contribution in [-0.2, 0) is 22.4 Å². The summed E-state index contributed by atoms with van der Waals surface area (Å²) in [5.74, 6) is 0.114. The third-order valence-corrected chi connectivity index (χ3v) is 8.07. The molecular weight excluding hydrogens is 462 g/mol. The van der Waals surface area contributed by atoms with Crippen LogP contribution in [0.4, 0.5) is 5.13 Å². The Balaban J connectivity index is 1.51. The van der Waals surface area contributed by atoms with Crippen molar-refractivity contribution < 1.29 is 9.53 Å². The van der Waals surface area contributed by atoms with Crippen LogP contribution in [0.1, 0.15) is 38.3 Å². The first-order chi connectivity index (χ1) is 16.5. The predicted molar refractivity (Wildman–Crippen MR) is 144 cm³/mol. The summed E-state index contributed by atoms with van der Waals surface area (Å²) in [5, 5.41) is 1.36. The van der Waals surface area contributed by atoms with Crippen molar-refractivity contribution in [3.8, 4) is 0 Å². The summed E-state index contributed by atoms with van der Waals surface area (Å²) in [6, 6.07) is 14.8. The third-order valence-electron chi connectivity index (χ3n) is 6.01. The van der Waals surface area contributed by atoms with Crippen molar-refractivity contribution in [2.75, 3.05) is 44.3 Å². The van der Waals surface area contributed by atoms with Gasteiger partial charge in [0.05, 0.1) is 29.9 Å². The molecule has 0 bridgehead atoms. The number of anilines is 1. The van der Waals surface area contributed by atoms with Crippen LogP contribution >= 0.6 is 23.1 Å². The molecule has 0 atom stereocenters. The number of para-hydroxylation sites is 1. The number of nitrogens with zero attached hydrogens (tertiary/aromatic N) is 3. The lowest BCUT2D eigenvalue weighted by Gasteiger charge is -2.27. The number of aromatic nitrogens is 1. The van der Waals surface area contributed by atoms with Gasteiger partial charge in [0, 0.05) is 36.3 Å². The fraction of sp³-hybridized carbons (Fsp3) is 0.481. The Morgan fingerprint density at radius 1 is 1.18 bits per heavy atom. The molecule has 3 aromatic rings. The summed E-state index contributed by atoms with van der Waals surface area (Å²) < 4.78 is 6.62. The maximum atomic E-state index is 13.5. The number of thiazole rings is 1. The Hall–Kier alpha value is -1.93. The summed E-state index contributed by atoms with van der Waals surface area (Å²) in [5.41, 5.74) is 3.32. The Morgan fingerprint density at radius 2 is 1.94 bits per heavy atom. The minimum atomic E-state index is 0.114. The average Bonchev–Trinajstić information content (AvgIpc) is 3.27. The molecule has 1 aliphatic heterocycles. The van der Waals surface area contributed by atoms with Crippen LogP contribution in [0.2, 0.25) is 0 Å². The highest BCUT2D eigenvalue weighted by molar-refractivity contribution is 7.99. The molecule has 2 aromatic carbocycles. The van der Waals surface area contributed by atoms with Gasteiger partial charge in [0.15, 0.2) is 5.13 Å². The van der Waals surface area contributed by atoms with E-state index in [1.54, 1.807) is 11.3 Å². The second kappa shape index (κ2) is 12.2. The second-order valence-corrected chi connectivity index (χ2v) is 11.6. The van der Waals surface area contributed by atoms with Gasteiger partial charge < -0.3 is 4.74 Å². The van der Waals surface area contributed by atoms with Crippen molar-refractivity contribution in [3.05, 3.63) is 53.6 Å². The summed E-state index contributed by atoms with van der Waals surface area (Å²) in [4.78, 5) is 24.1. The number of rotatable bonds is 10.